The van der Waals surface area contributed by atoms with Crippen LogP contribution >= 0.6 is 22.9 Å². The van der Waals surface area contributed by atoms with Gasteiger partial charge >= 0.3 is 0 Å². The van der Waals surface area contributed by atoms with Crippen molar-refractivity contribution in [2.24, 2.45) is 5.92 Å². The first-order valence-corrected chi connectivity index (χ1v) is 10.3. The number of amides is 2. The molecule has 0 spiro atoms. The lowest BCUT2D eigenvalue weighted by atomic mass is 10.1. The average Bonchev–Trinajstić information content (AvgIpc) is 3.35. The minimum Gasteiger partial charge on any atom is -0.497 e. The van der Waals surface area contributed by atoms with Crippen LogP contribution in [0.25, 0.3) is 11.3 Å². The van der Waals surface area contributed by atoms with Crippen LogP contribution in [0.1, 0.15) is 6.42 Å². The summed E-state index contributed by atoms with van der Waals surface area (Å²) in [5.74, 6) is 0.0659. The predicted molar refractivity (Wildman–Crippen MR) is 115 cm³/mol. The number of methoxy groups -OCH3 is 1. The Hall–Kier alpha value is -2.90. The Morgan fingerprint density at radius 2 is 1.93 bits per heavy atom. The zero-order valence-electron chi connectivity index (χ0n) is 15.6. The number of thiazole rings is 1. The van der Waals surface area contributed by atoms with Crippen LogP contribution in [0.2, 0.25) is 5.02 Å². The molecule has 3 aromatic rings. The molecule has 2 amide bonds. The SMILES string of the molecule is COc1ccc(-c2csc(NC(=O)[C@H]3CC(=O)N(c4ccc(Cl)cc4)C3)n2)cc1. The highest BCUT2D eigenvalue weighted by Crippen LogP contribution is 2.29. The molecule has 1 fully saturated rings. The van der Waals surface area contributed by atoms with Crippen molar-refractivity contribution < 1.29 is 14.3 Å². The second kappa shape index (κ2) is 8.23. The van der Waals surface area contributed by atoms with Crippen LogP contribution in [0.5, 0.6) is 5.75 Å². The standard InChI is InChI=1S/C21H18ClN3O3S/c1-28-17-8-2-13(3-9-17)18-12-29-21(23-18)24-20(27)14-10-19(26)25(11-14)16-6-4-15(22)5-7-16/h2-9,12,14H,10-11H2,1H3,(H,23,24,27)/t14-/m0/s1. The molecule has 0 bridgehead atoms. The van der Waals surface area contributed by atoms with E-state index in [2.05, 4.69) is 10.3 Å². The highest BCUT2D eigenvalue weighted by molar-refractivity contribution is 7.14. The van der Waals surface area contributed by atoms with Gasteiger partial charge in [0.2, 0.25) is 11.8 Å². The number of carbonyl (C=O) groups is 2. The number of carbonyl (C=O) groups excluding carboxylic acids is 2. The maximum atomic E-state index is 12.7. The Morgan fingerprint density at radius 3 is 2.62 bits per heavy atom. The first kappa shape index (κ1) is 19.4. The van der Waals surface area contributed by atoms with E-state index >= 15 is 0 Å². The third-order valence-corrected chi connectivity index (χ3v) is 5.76. The summed E-state index contributed by atoms with van der Waals surface area (Å²) in [6, 6.07) is 14.6. The van der Waals surface area contributed by atoms with Crippen LogP contribution in [0.3, 0.4) is 0 Å². The lowest BCUT2D eigenvalue weighted by Crippen LogP contribution is -2.28. The van der Waals surface area contributed by atoms with E-state index in [0.717, 1.165) is 22.7 Å². The van der Waals surface area contributed by atoms with Gasteiger partial charge in [-0.15, -0.1) is 11.3 Å². The molecule has 1 atom stereocenters. The first-order valence-electron chi connectivity index (χ1n) is 9.00. The summed E-state index contributed by atoms with van der Waals surface area (Å²) in [5, 5.41) is 5.84. The number of nitrogens with one attached hydrogen (secondary N) is 1. The molecule has 1 aliphatic rings. The van der Waals surface area contributed by atoms with Gasteiger partial charge in [0.05, 0.1) is 18.7 Å². The topological polar surface area (TPSA) is 71.5 Å². The number of hydrogen-bond donors (Lipinski definition) is 1. The summed E-state index contributed by atoms with van der Waals surface area (Å²) in [6.07, 6.45) is 0.172. The van der Waals surface area contributed by atoms with Gasteiger partial charge in [0.25, 0.3) is 0 Å². The largest absolute Gasteiger partial charge is 0.497 e. The highest BCUT2D eigenvalue weighted by Gasteiger charge is 2.35. The van der Waals surface area contributed by atoms with Gasteiger partial charge in [0.15, 0.2) is 5.13 Å². The van der Waals surface area contributed by atoms with Crippen LogP contribution in [0, 0.1) is 5.92 Å². The van der Waals surface area contributed by atoms with E-state index in [1.807, 2.05) is 29.6 Å². The van der Waals surface area contributed by atoms with Crippen molar-refractivity contribution in [3.05, 3.63) is 58.9 Å². The highest BCUT2D eigenvalue weighted by atomic mass is 35.5. The fourth-order valence-corrected chi connectivity index (χ4v) is 4.04. The van der Waals surface area contributed by atoms with E-state index in [-0.39, 0.29) is 18.2 Å². The Balaban J connectivity index is 1.41. The predicted octanol–water partition coefficient (Wildman–Crippen LogP) is 4.46. The van der Waals surface area contributed by atoms with Gasteiger partial charge in [-0.3, -0.25) is 9.59 Å². The van der Waals surface area contributed by atoms with E-state index < -0.39 is 5.92 Å². The molecule has 1 saturated heterocycles. The maximum Gasteiger partial charge on any atom is 0.231 e. The first-order chi connectivity index (χ1) is 14.0. The van der Waals surface area contributed by atoms with E-state index in [9.17, 15) is 9.59 Å². The molecular weight excluding hydrogens is 410 g/mol. The molecule has 0 radical (unpaired) electrons. The molecule has 148 valence electrons. The molecule has 29 heavy (non-hydrogen) atoms. The number of benzene rings is 2. The third kappa shape index (κ3) is 4.26. The van der Waals surface area contributed by atoms with Crippen molar-refractivity contribution in [1.29, 1.82) is 0 Å². The zero-order valence-corrected chi connectivity index (χ0v) is 17.2. The van der Waals surface area contributed by atoms with Gasteiger partial charge in [-0.2, -0.15) is 0 Å². The van der Waals surface area contributed by atoms with Gasteiger partial charge in [-0.25, -0.2) is 4.98 Å². The summed E-state index contributed by atoms with van der Waals surface area (Å²) in [7, 11) is 1.62. The molecule has 2 heterocycles. The molecule has 0 unspecified atom stereocenters. The Kier molecular flexibility index (Phi) is 5.51. The van der Waals surface area contributed by atoms with Crippen LogP contribution in [-0.2, 0) is 9.59 Å². The van der Waals surface area contributed by atoms with E-state index in [1.54, 1.807) is 36.3 Å². The van der Waals surface area contributed by atoms with Gasteiger partial charge in [0.1, 0.15) is 5.75 Å². The van der Waals surface area contributed by atoms with Gasteiger partial charge in [0, 0.05) is 34.6 Å². The van der Waals surface area contributed by atoms with Crippen molar-refractivity contribution in [2.75, 3.05) is 23.9 Å². The smallest absolute Gasteiger partial charge is 0.231 e. The summed E-state index contributed by atoms with van der Waals surface area (Å²) >= 11 is 7.26. The Bertz CT molecular complexity index is 1030. The number of ether oxygens (including phenoxy) is 1. The van der Waals surface area contributed by atoms with Crippen molar-refractivity contribution in [2.45, 2.75) is 6.42 Å². The molecule has 1 aliphatic heterocycles. The summed E-state index contributed by atoms with van der Waals surface area (Å²) in [4.78, 5) is 31.1. The minimum absolute atomic E-state index is 0.0782. The second-order valence-corrected chi connectivity index (χ2v) is 7.93. The molecule has 6 nitrogen and oxygen atoms in total. The molecular formula is C21H18ClN3O3S. The number of nitrogens with zero attached hydrogens (tertiary/aromatic N) is 2. The van der Waals surface area contributed by atoms with Crippen LogP contribution < -0.4 is 15.0 Å². The third-order valence-electron chi connectivity index (χ3n) is 4.75. The zero-order chi connectivity index (χ0) is 20.4. The fraction of sp³-hybridized carbons (Fsp3) is 0.190. The van der Waals surface area contributed by atoms with Crippen LogP contribution in [-0.4, -0.2) is 30.5 Å². The van der Waals surface area contributed by atoms with Gasteiger partial charge in [-0.05, 0) is 48.5 Å². The lowest BCUT2D eigenvalue weighted by molar-refractivity contribution is -0.122. The van der Waals surface area contributed by atoms with Gasteiger partial charge in [-0.1, -0.05) is 11.6 Å². The molecule has 1 N–H and O–H groups in total. The fourth-order valence-electron chi connectivity index (χ4n) is 3.19. The molecule has 8 heteroatoms. The van der Waals surface area contributed by atoms with Crippen molar-refractivity contribution in [1.82, 2.24) is 4.98 Å². The normalized spacial score (nSPS) is 16.1. The molecule has 2 aromatic carbocycles. The lowest BCUT2D eigenvalue weighted by Gasteiger charge is -2.16. The Labute approximate surface area is 177 Å². The average molecular weight is 428 g/mol. The maximum absolute atomic E-state index is 12.7. The summed E-state index contributed by atoms with van der Waals surface area (Å²) in [5.41, 5.74) is 2.46. The van der Waals surface area contributed by atoms with E-state index in [0.29, 0.717) is 16.7 Å². The van der Waals surface area contributed by atoms with Crippen LogP contribution in [0.4, 0.5) is 10.8 Å². The second-order valence-electron chi connectivity index (χ2n) is 6.64. The van der Waals surface area contributed by atoms with Gasteiger partial charge < -0.3 is 15.0 Å². The summed E-state index contributed by atoms with van der Waals surface area (Å²) in [6.45, 7) is 0.336. The minimum atomic E-state index is -0.425. The molecule has 4 rings (SSSR count). The van der Waals surface area contributed by atoms with Crippen molar-refractivity contribution in [3.8, 4) is 17.0 Å². The number of hydrogen-bond acceptors (Lipinski definition) is 5. The van der Waals surface area contributed by atoms with E-state index in [4.69, 9.17) is 16.3 Å². The van der Waals surface area contributed by atoms with E-state index in [1.165, 1.54) is 11.3 Å². The number of halogens is 1. The van der Waals surface area contributed by atoms with Crippen molar-refractivity contribution >= 4 is 45.6 Å². The molecule has 0 saturated carbocycles. The molecule has 1 aromatic heterocycles. The summed E-state index contributed by atoms with van der Waals surface area (Å²) < 4.78 is 5.16. The number of anilines is 2. The van der Waals surface area contributed by atoms with Crippen LogP contribution in [0.15, 0.2) is 53.9 Å². The Morgan fingerprint density at radius 1 is 1.21 bits per heavy atom. The van der Waals surface area contributed by atoms with Crippen molar-refractivity contribution in [3.63, 3.8) is 0 Å². The monoisotopic (exact) mass is 427 g/mol. The quantitative estimate of drug-likeness (QED) is 0.652. The molecule has 0 aliphatic carbocycles. The number of rotatable bonds is 5. The number of aromatic nitrogens is 1.